The van der Waals surface area contributed by atoms with E-state index >= 15 is 0 Å². The highest BCUT2D eigenvalue weighted by Crippen LogP contribution is 2.37. The van der Waals surface area contributed by atoms with Crippen LogP contribution in [0.2, 0.25) is 0 Å². The quantitative estimate of drug-likeness (QED) is 0.763. The van der Waals surface area contributed by atoms with Gasteiger partial charge < -0.3 is 11.5 Å². The summed E-state index contributed by atoms with van der Waals surface area (Å²) < 4.78 is 0. The van der Waals surface area contributed by atoms with Crippen molar-refractivity contribution in [3.05, 3.63) is 46.3 Å². The molecular formula is C18H19N3OS. The topological polar surface area (TPSA) is 82.0 Å². The van der Waals surface area contributed by atoms with Crippen LogP contribution in [0, 0.1) is 6.92 Å². The number of primary amides is 1. The van der Waals surface area contributed by atoms with Gasteiger partial charge >= 0.3 is 0 Å². The van der Waals surface area contributed by atoms with Crippen molar-refractivity contribution in [2.45, 2.75) is 26.7 Å². The average Bonchev–Trinajstić information content (AvgIpc) is 2.86. The Hall–Kier alpha value is -2.40. The van der Waals surface area contributed by atoms with Gasteiger partial charge in [-0.25, -0.2) is 4.98 Å². The zero-order valence-corrected chi connectivity index (χ0v) is 14.0. The van der Waals surface area contributed by atoms with E-state index in [4.69, 9.17) is 16.5 Å². The van der Waals surface area contributed by atoms with Gasteiger partial charge in [0, 0.05) is 10.9 Å². The molecule has 0 fully saturated rings. The molecule has 2 heterocycles. The molecule has 23 heavy (non-hydrogen) atoms. The molecule has 0 spiro atoms. The predicted octanol–water partition coefficient (Wildman–Crippen LogP) is 3.91. The maximum absolute atomic E-state index is 11.6. The van der Waals surface area contributed by atoms with E-state index in [2.05, 4.69) is 44.2 Å². The molecule has 4 nitrogen and oxygen atoms in total. The van der Waals surface area contributed by atoms with Crippen LogP contribution in [-0.2, 0) is 6.42 Å². The molecule has 0 aliphatic heterocycles. The fraction of sp³-hybridized carbons (Fsp3) is 0.222. The number of aryl methyl sites for hydroxylation is 2. The number of pyridine rings is 1. The summed E-state index contributed by atoms with van der Waals surface area (Å²) in [6.07, 6.45) is 1.88. The number of hydrogen-bond acceptors (Lipinski definition) is 4. The number of fused-ring (bicyclic) bond motifs is 1. The fourth-order valence-electron chi connectivity index (χ4n) is 2.72. The Morgan fingerprint density at radius 1 is 1.26 bits per heavy atom. The number of nitrogens with two attached hydrogens (primary N) is 2. The Labute approximate surface area is 139 Å². The molecular weight excluding hydrogens is 306 g/mol. The normalized spacial score (nSPS) is 11.0. The van der Waals surface area contributed by atoms with E-state index in [1.165, 1.54) is 16.9 Å². The fourth-order valence-corrected chi connectivity index (χ4v) is 3.71. The highest BCUT2D eigenvalue weighted by Gasteiger charge is 2.18. The molecule has 118 valence electrons. The van der Waals surface area contributed by atoms with Crippen LogP contribution in [0.5, 0.6) is 0 Å². The van der Waals surface area contributed by atoms with Gasteiger partial charge in [-0.3, -0.25) is 4.79 Å². The maximum atomic E-state index is 11.6. The molecule has 5 heteroatoms. The SMILES string of the molecule is CCCc1cc(-c2ccc(C)cc2)nc2sc(C(N)=O)c(N)c12. The lowest BCUT2D eigenvalue weighted by atomic mass is 10.0. The summed E-state index contributed by atoms with van der Waals surface area (Å²) in [5.41, 5.74) is 16.3. The lowest BCUT2D eigenvalue weighted by Crippen LogP contribution is -2.10. The maximum Gasteiger partial charge on any atom is 0.260 e. The monoisotopic (exact) mass is 325 g/mol. The Morgan fingerprint density at radius 2 is 1.96 bits per heavy atom. The zero-order chi connectivity index (χ0) is 16.6. The number of anilines is 1. The first-order valence-corrected chi connectivity index (χ1v) is 8.41. The van der Waals surface area contributed by atoms with E-state index < -0.39 is 5.91 Å². The molecule has 2 aromatic heterocycles. The number of nitrogens with zero attached hydrogens (tertiary/aromatic N) is 1. The van der Waals surface area contributed by atoms with Crippen molar-refractivity contribution in [1.82, 2.24) is 4.98 Å². The zero-order valence-electron chi connectivity index (χ0n) is 13.2. The molecule has 0 radical (unpaired) electrons. The van der Waals surface area contributed by atoms with Crippen LogP contribution < -0.4 is 11.5 Å². The number of rotatable bonds is 4. The van der Waals surface area contributed by atoms with Crippen molar-refractivity contribution in [2.75, 3.05) is 5.73 Å². The number of carbonyl (C=O) groups excluding carboxylic acids is 1. The van der Waals surface area contributed by atoms with Gasteiger partial charge in [0.1, 0.15) is 9.71 Å². The van der Waals surface area contributed by atoms with Crippen molar-refractivity contribution in [1.29, 1.82) is 0 Å². The number of hydrogen-bond donors (Lipinski definition) is 2. The second-order valence-electron chi connectivity index (χ2n) is 5.67. The van der Waals surface area contributed by atoms with Gasteiger partial charge in [0.25, 0.3) is 5.91 Å². The molecule has 0 atom stereocenters. The minimum atomic E-state index is -0.496. The number of amides is 1. The molecule has 3 rings (SSSR count). The summed E-state index contributed by atoms with van der Waals surface area (Å²) in [7, 11) is 0. The van der Waals surface area contributed by atoms with Crippen LogP contribution in [-0.4, -0.2) is 10.9 Å². The highest BCUT2D eigenvalue weighted by atomic mass is 32.1. The third-order valence-electron chi connectivity index (χ3n) is 3.87. The summed E-state index contributed by atoms with van der Waals surface area (Å²) in [6, 6.07) is 10.3. The van der Waals surface area contributed by atoms with Crippen molar-refractivity contribution >= 4 is 33.1 Å². The van der Waals surface area contributed by atoms with Crippen LogP contribution in [0.4, 0.5) is 5.69 Å². The second kappa shape index (κ2) is 6.01. The highest BCUT2D eigenvalue weighted by molar-refractivity contribution is 7.21. The minimum Gasteiger partial charge on any atom is -0.397 e. The van der Waals surface area contributed by atoms with E-state index in [-0.39, 0.29) is 0 Å². The molecule has 0 bridgehead atoms. The summed E-state index contributed by atoms with van der Waals surface area (Å²) in [4.78, 5) is 17.5. The number of aromatic nitrogens is 1. The van der Waals surface area contributed by atoms with Crippen LogP contribution in [0.3, 0.4) is 0 Å². The van der Waals surface area contributed by atoms with E-state index in [0.29, 0.717) is 10.6 Å². The summed E-state index contributed by atoms with van der Waals surface area (Å²) >= 11 is 1.27. The molecule has 0 saturated carbocycles. The van der Waals surface area contributed by atoms with Gasteiger partial charge in [-0.05, 0) is 25.0 Å². The Balaban J connectivity index is 2.25. The van der Waals surface area contributed by atoms with Gasteiger partial charge in [-0.15, -0.1) is 11.3 Å². The van der Waals surface area contributed by atoms with E-state index in [9.17, 15) is 4.79 Å². The smallest absolute Gasteiger partial charge is 0.260 e. The van der Waals surface area contributed by atoms with Crippen LogP contribution in [0.25, 0.3) is 21.5 Å². The van der Waals surface area contributed by atoms with E-state index in [1.807, 2.05) is 0 Å². The second-order valence-corrected chi connectivity index (χ2v) is 6.67. The molecule has 0 saturated heterocycles. The Bertz CT molecular complexity index is 881. The molecule has 0 unspecified atom stereocenters. The number of benzene rings is 1. The lowest BCUT2D eigenvalue weighted by Gasteiger charge is -2.07. The van der Waals surface area contributed by atoms with Crippen molar-refractivity contribution in [2.24, 2.45) is 5.73 Å². The van der Waals surface area contributed by atoms with Gasteiger partial charge in [0.05, 0.1) is 11.4 Å². The first kappa shape index (κ1) is 15.5. The molecule has 1 amide bonds. The molecule has 0 aliphatic carbocycles. The van der Waals surface area contributed by atoms with Gasteiger partial charge in [-0.1, -0.05) is 43.2 Å². The third-order valence-corrected chi connectivity index (χ3v) is 4.99. The summed E-state index contributed by atoms with van der Waals surface area (Å²) in [5.74, 6) is -0.496. The molecule has 4 N–H and O–H groups in total. The predicted molar refractivity (Wildman–Crippen MR) is 96.7 cm³/mol. The molecule has 0 aliphatic rings. The molecule has 1 aromatic carbocycles. The van der Waals surface area contributed by atoms with Gasteiger partial charge in [-0.2, -0.15) is 0 Å². The van der Waals surface area contributed by atoms with Gasteiger partial charge in [0.15, 0.2) is 0 Å². The van der Waals surface area contributed by atoms with Gasteiger partial charge in [0.2, 0.25) is 0 Å². The largest absolute Gasteiger partial charge is 0.397 e. The van der Waals surface area contributed by atoms with Crippen molar-refractivity contribution < 1.29 is 4.79 Å². The number of carbonyl (C=O) groups is 1. The number of thiophene rings is 1. The first-order chi connectivity index (χ1) is 11.0. The Morgan fingerprint density at radius 3 is 2.57 bits per heavy atom. The van der Waals surface area contributed by atoms with Crippen LogP contribution in [0.15, 0.2) is 30.3 Å². The van der Waals surface area contributed by atoms with Crippen molar-refractivity contribution in [3.8, 4) is 11.3 Å². The average molecular weight is 325 g/mol. The first-order valence-electron chi connectivity index (χ1n) is 7.60. The van der Waals surface area contributed by atoms with E-state index in [0.717, 1.165) is 39.9 Å². The summed E-state index contributed by atoms with van der Waals surface area (Å²) in [6.45, 7) is 4.18. The summed E-state index contributed by atoms with van der Waals surface area (Å²) in [5, 5.41) is 0.876. The lowest BCUT2D eigenvalue weighted by molar-refractivity contribution is 0.100. The van der Waals surface area contributed by atoms with Crippen LogP contribution in [0.1, 0.15) is 34.1 Å². The Kier molecular flexibility index (Phi) is 4.05. The minimum absolute atomic E-state index is 0.394. The third kappa shape index (κ3) is 2.80. The standard InChI is InChI=1S/C18H19N3OS/c1-3-4-12-9-13(11-7-5-10(2)6-8-11)21-18-14(12)15(19)16(23-18)17(20)22/h5-9H,3-4,19H2,1-2H3,(H2,20,22). The van der Waals surface area contributed by atoms with E-state index in [1.54, 1.807) is 0 Å². The van der Waals surface area contributed by atoms with Crippen LogP contribution >= 0.6 is 11.3 Å². The molecule has 3 aromatic rings. The number of nitrogen functional groups attached to an aromatic ring is 1. The van der Waals surface area contributed by atoms with Crippen molar-refractivity contribution in [3.63, 3.8) is 0 Å².